The summed E-state index contributed by atoms with van der Waals surface area (Å²) in [6, 6.07) is 4.81. The third kappa shape index (κ3) is 2.60. The molecule has 2 aromatic rings. The minimum Gasteiger partial charge on any atom is -0.378 e. The summed E-state index contributed by atoms with van der Waals surface area (Å²) < 4.78 is 19.5. The number of carbonyl (C=O) groups is 1. The van der Waals surface area contributed by atoms with Gasteiger partial charge in [-0.1, -0.05) is 18.9 Å². The number of likely N-dealkylation sites (tertiary alicyclic amines) is 1. The van der Waals surface area contributed by atoms with Crippen LogP contribution in [0.25, 0.3) is 11.4 Å². The lowest BCUT2D eigenvalue weighted by Gasteiger charge is -2.43. The van der Waals surface area contributed by atoms with E-state index in [-0.39, 0.29) is 23.4 Å². The fourth-order valence-corrected chi connectivity index (χ4v) is 3.93. The third-order valence-electron chi connectivity index (χ3n) is 5.44. The molecular formula is C17H20FN5O2. The van der Waals surface area contributed by atoms with Gasteiger partial charge in [-0.2, -0.15) is 5.21 Å². The van der Waals surface area contributed by atoms with Crippen LogP contribution in [0, 0.1) is 5.82 Å². The summed E-state index contributed by atoms with van der Waals surface area (Å²) in [6.07, 6.45) is 3.64. The Balaban J connectivity index is 1.70. The summed E-state index contributed by atoms with van der Waals surface area (Å²) in [6.45, 7) is 1.24. The molecule has 1 N–H and O–H groups in total. The van der Waals surface area contributed by atoms with Gasteiger partial charge in [-0.25, -0.2) is 4.39 Å². The van der Waals surface area contributed by atoms with Crippen molar-refractivity contribution in [3.8, 4) is 11.4 Å². The summed E-state index contributed by atoms with van der Waals surface area (Å²) in [4.78, 5) is 15.1. The molecule has 132 valence electrons. The Hall–Kier alpha value is -2.35. The van der Waals surface area contributed by atoms with E-state index >= 15 is 0 Å². The van der Waals surface area contributed by atoms with E-state index in [1.807, 2.05) is 4.90 Å². The molecule has 2 heterocycles. The highest BCUT2D eigenvalue weighted by Gasteiger charge is 2.48. The van der Waals surface area contributed by atoms with Gasteiger partial charge in [0.15, 0.2) is 0 Å². The van der Waals surface area contributed by atoms with Crippen molar-refractivity contribution < 1.29 is 13.9 Å². The Morgan fingerprint density at radius 1 is 1.36 bits per heavy atom. The highest BCUT2D eigenvalue weighted by molar-refractivity contribution is 5.89. The number of benzene rings is 1. The number of aromatic amines is 1. The molecule has 0 radical (unpaired) electrons. The number of rotatable bonds is 4. The normalized spacial score (nSPS) is 19.8. The standard InChI is InChI=1S/C17H20FN5O2/c1-25-12-9-23(10-12)16(24)17(6-2-3-7-17)11-4-5-14(18)13(8-11)15-19-21-22-20-15/h4-5,8,12H,2-3,6-7,9-10H2,1H3,(H,19,20,21,22). The van der Waals surface area contributed by atoms with Crippen molar-refractivity contribution in [1.82, 2.24) is 25.5 Å². The molecule has 0 unspecified atom stereocenters. The molecule has 7 nitrogen and oxygen atoms in total. The summed E-state index contributed by atoms with van der Waals surface area (Å²) in [5.41, 5.74) is 0.506. The number of nitrogens with zero attached hydrogens (tertiary/aromatic N) is 4. The maximum Gasteiger partial charge on any atom is 0.233 e. The van der Waals surface area contributed by atoms with E-state index in [2.05, 4.69) is 20.6 Å². The van der Waals surface area contributed by atoms with Crippen LogP contribution in [0.4, 0.5) is 4.39 Å². The van der Waals surface area contributed by atoms with Crippen LogP contribution in [0.2, 0.25) is 0 Å². The van der Waals surface area contributed by atoms with E-state index in [4.69, 9.17) is 4.74 Å². The molecule has 2 aliphatic rings. The van der Waals surface area contributed by atoms with Crippen LogP contribution in [0.3, 0.4) is 0 Å². The van der Waals surface area contributed by atoms with Crippen LogP contribution in [-0.2, 0) is 14.9 Å². The molecule has 1 aliphatic heterocycles. The molecule has 1 amide bonds. The fourth-order valence-electron chi connectivity index (χ4n) is 3.93. The van der Waals surface area contributed by atoms with Gasteiger partial charge in [-0.3, -0.25) is 4.79 Å². The molecule has 1 aromatic carbocycles. The van der Waals surface area contributed by atoms with E-state index in [1.54, 1.807) is 19.2 Å². The number of amides is 1. The van der Waals surface area contributed by atoms with Crippen molar-refractivity contribution in [3.63, 3.8) is 0 Å². The van der Waals surface area contributed by atoms with Gasteiger partial charge in [0.25, 0.3) is 0 Å². The van der Waals surface area contributed by atoms with E-state index in [0.717, 1.165) is 31.2 Å². The monoisotopic (exact) mass is 345 g/mol. The molecule has 4 rings (SSSR count). The number of hydrogen-bond donors (Lipinski definition) is 1. The second-order valence-electron chi connectivity index (χ2n) is 6.79. The quantitative estimate of drug-likeness (QED) is 0.911. The number of halogens is 1. The Bertz CT molecular complexity index is 767. The zero-order valence-corrected chi connectivity index (χ0v) is 14.0. The second-order valence-corrected chi connectivity index (χ2v) is 6.79. The molecule has 1 saturated carbocycles. The Kier molecular flexibility index (Phi) is 3.99. The third-order valence-corrected chi connectivity index (χ3v) is 5.44. The van der Waals surface area contributed by atoms with E-state index < -0.39 is 11.2 Å². The number of ether oxygens (including phenoxy) is 1. The van der Waals surface area contributed by atoms with Gasteiger partial charge in [0.1, 0.15) is 5.82 Å². The average Bonchev–Trinajstić information content (AvgIpc) is 3.26. The molecule has 1 aromatic heterocycles. The van der Waals surface area contributed by atoms with Gasteiger partial charge in [-0.05, 0) is 35.8 Å². The van der Waals surface area contributed by atoms with Crippen LogP contribution in [0.15, 0.2) is 18.2 Å². The van der Waals surface area contributed by atoms with Crippen LogP contribution in [0.1, 0.15) is 31.2 Å². The van der Waals surface area contributed by atoms with Gasteiger partial charge >= 0.3 is 0 Å². The molecule has 1 aliphatic carbocycles. The highest BCUT2D eigenvalue weighted by atomic mass is 19.1. The smallest absolute Gasteiger partial charge is 0.233 e. The Morgan fingerprint density at radius 3 is 2.76 bits per heavy atom. The number of tetrazole rings is 1. The topological polar surface area (TPSA) is 84.0 Å². The lowest BCUT2D eigenvalue weighted by Crippen LogP contribution is -2.59. The van der Waals surface area contributed by atoms with E-state index in [0.29, 0.717) is 13.1 Å². The first-order valence-electron chi connectivity index (χ1n) is 8.50. The minimum atomic E-state index is -0.592. The van der Waals surface area contributed by atoms with Gasteiger partial charge in [0, 0.05) is 20.2 Å². The largest absolute Gasteiger partial charge is 0.378 e. The number of aromatic nitrogens is 4. The first-order chi connectivity index (χ1) is 12.1. The summed E-state index contributed by atoms with van der Waals surface area (Å²) >= 11 is 0. The van der Waals surface area contributed by atoms with Gasteiger partial charge in [-0.15, -0.1) is 10.2 Å². The van der Waals surface area contributed by atoms with Crippen molar-refractivity contribution in [1.29, 1.82) is 0 Å². The summed E-state index contributed by atoms with van der Waals surface area (Å²) in [5.74, 6) is -0.110. The Labute approximate surface area is 144 Å². The van der Waals surface area contributed by atoms with Gasteiger partial charge in [0.05, 0.1) is 17.1 Å². The fraction of sp³-hybridized carbons (Fsp3) is 0.529. The summed E-state index contributed by atoms with van der Waals surface area (Å²) in [7, 11) is 1.66. The molecular weight excluding hydrogens is 325 g/mol. The number of hydrogen-bond acceptors (Lipinski definition) is 5. The SMILES string of the molecule is COC1CN(C(=O)C2(c3ccc(F)c(-c4nn[nH]n4)c3)CCCC2)C1. The van der Waals surface area contributed by atoms with Gasteiger partial charge < -0.3 is 9.64 Å². The number of nitrogens with one attached hydrogen (secondary N) is 1. The van der Waals surface area contributed by atoms with Gasteiger partial charge in [0.2, 0.25) is 11.7 Å². The van der Waals surface area contributed by atoms with Crippen molar-refractivity contribution in [2.24, 2.45) is 0 Å². The second kappa shape index (κ2) is 6.18. The zero-order chi connectivity index (χ0) is 17.4. The Morgan fingerprint density at radius 2 is 2.12 bits per heavy atom. The molecule has 25 heavy (non-hydrogen) atoms. The maximum atomic E-state index is 14.2. The molecule has 0 atom stereocenters. The minimum absolute atomic E-state index is 0.115. The van der Waals surface area contributed by atoms with Crippen molar-refractivity contribution in [2.75, 3.05) is 20.2 Å². The highest BCUT2D eigenvalue weighted by Crippen LogP contribution is 2.44. The van der Waals surface area contributed by atoms with Crippen LogP contribution < -0.4 is 0 Å². The first-order valence-corrected chi connectivity index (χ1v) is 8.50. The van der Waals surface area contributed by atoms with Crippen LogP contribution >= 0.6 is 0 Å². The molecule has 2 fully saturated rings. The number of H-pyrrole nitrogens is 1. The lowest BCUT2D eigenvalue weighted by molar-refractivity contribution is -0.149. The van der Waals surface area contributed by atoms with Crippen molar-refractivity contribution in [3.05, 3.63) is 29.6 Å². The van der Waals surface area contributed by atoms with Crippen LogP contribution in [-0.4, -0.2) is 57.7 Å². The molecule has 8 heteroatoms. The van der Waals surface area contributed by atoms with E-state index in [9.17, 15) is 9.18 Å². The first kappa shape index (κ1) is 16.1. The summed E-state index contributed by atoms with van der Waals surface area (Å²) in [5, 5.41) is 13.6. The zero-order valence-electron chi connectivity index (χ0n) is 14.0. The number of methoxy groups -OCH3 is 1. The van der Waals surface area contributed by atoms with Crippen LogP contribution in [0.5, 0.6) is 0 Å². The molecule has 0 bridgehead atoms. The predicted molar refractivity (Wildman–Crippen MR) is 87.1 cm³/mol. The number of carbonyl (C=O) groups excluding carboxylic acids is 1. The van der Waals surface area contributed by atoms with Crippen molar-refractivity contribution in [2.45, 2.75) is 37.2 Å². The van der Waals surface area contributed by atoms with Crippen molar-refractivity contribution >= 4 is 5.91 Å². The lowest BCUT2D eigenvalue weighted by atomic mass is 9.76. The predicted octanol–water partition coefficient (Wildman–Crippen LogP) is 1.67. The average molecular weight is 345 g/mol. The molecule has 1 saturated heterocycles. The van der Waals surface area contributed by atoms with E-state index in [1.165, 1.54) is 6.07 Å². The molecule has 0 spiro atoms. The maximum absolute atomic E-state index is 14.2.